The van der Waals surface area contributed by atoms with Gasteiger partial charge in [-0.05, 0) is 40.8 Å². The quantitative estimate of drug-likeness (QED) is 0.307. The van der Waals surface area contributed by atoms with E-state index in [-0.39, 0.29) is 34.6 Å². The van der Waals surface area contributed by atoms with Gasteiger partial charge in [0.25, 0.3) is 0 Å². The predicted molar refractivity (Wildman–Crippen MR) is 163 cm³/mol. The summed E-state index contributed by atoms with van der Waals surface area (Å²) in [6.07, 6.45) is 0. The highest BCUT2D eigenvalue weighted by Crippen LogP contribution is 2.54. The lowest BCUT2D eigenvalue weighted by atomic mass is 9.81. The largest absolute Gasteiger partial charge is 0.325 e. The number of benzene rings is 3. The highest BCUT2D eigenvalue weighted by Gasteiger charge is 2.56. The molecule has 4 aromatic rings. The van der Waals surface area contributed by atoms with Crippen molar-refractivity contribution in [2.45, 2.75) is 48.9 Å². The molecular formula is C32H29N3O4S2. The van der Waals surface area contributed by atoms with Gasteiger partial charge in [-0.25, -0.2) is 4.90 Å². The van der Waals surface area contributed by atoms with Crippen LogP contribution in [0.25, 0.3) is 0 Å². The Balaban J connectivity index is 1.43. The fourth-order valence-electron chi connectivity index (χ4n) is 5.50. The maximum absolute atomic E-state index is 14.0. The summed E-state index contributed by atoms with van der Waals surface area (Å²) in [7, 11) is 0. The lowest BCUT2D eigenvalue weighted by Gasteiger charge is -2.31. The molecular weight excluding hydrogens is 555 g/mol. The number of hydrogen-bond acceptors (Lipinski definition) is 6. The molecule has 0 unspecified atom stereocenters. The van der Waals surface area contributed by atoms with Crippen molar-refractivity contribution in [1.82, 2.24) is 4.57 Å². The molecule has 3 aromatic carbocycles. The molecule has 1 saturated heterocycles. The average molecular weight is 584 g/mol. The number of hydrogen-bond donors (Lipinski definition) is 1. The molecule has 1 fully saturated rings. The summed E-state index contributed by atoms with van der Waals surface area (Å²) in [5, 5.41) is 2.69. The van der Waals surface area contributed by atoms with Crippen LogP contribution < -0.4 is 15.1 Å². The lowest BCUT2D eigenvalue weighted by Crippen LogP contribution is -2.33. The zero-order valence-corrected chi connectivity index (χ0v) is 24.5. The van der Waals surface area contributed by atoms with Crippen LogP contribution in [0.2, 0.25) is 0 Å². The Morgan fingerprint density at radius 3 is 2.12 bits per heavy atom. The number of fused-ring (bicyclic) bond motifs is 2. The van der Waals surface area contributed by atoms with Crippen molar-refractivity contribution in [2.75, 3.05) is 10.2 Å². The van der Waals surface area contributed by atoms with Crippen LogP contribution in [-0.2, 0) is 26.3 Å². The maximum atomic E-state index is 14.0. The molecule has 0 radical (unpaired) electrons. The van der Waals surface area contributed by atoms with E-state index in [0.717, 1.165) is 22.5 Å². The van der Waals surface area contributed by atoms with Crippen molar-refractivity contribution in [2.24, 2.45) is 5.92 Å². The highest BCUT2D eigenvalue weighted by atomic mass is 32.2. The third-order valence-electron chi connectivity index (χ3n) is 7.56. The molecule has 0 bridgehead atoms. The third-order valence-corrected chi connectivity index (χ3v) is 10.2. The minimum absolute atomic E-state index is 0.0574. The van der Waals surface area contributed by atoms with Gasteiger partial charge in [-0.2, -0.15) is 0 Å². The number of nitrogens with one attached hydrogen (secondary N) is 1. The molecule has 2 aliphatic heterocycles. The van der Waals surface area contributed by atoms with Crippen molar-refractivity contribution < 1.29 is 14.4 Å². The van der Waals surface area contributed by atoms with E-state index in [1.54, 1.807) is 36.4 Å². The Morgan fingerprint density at radius 1 is 0.854 bits per heavy atom. The van der Waals surface area contributed by atoms with E-state index in [1.807, 2.05) is 36.4 Å². The van der Waals surface area contributed by atoms with Gasteiger partial charge in [0.15, 0.2) is 0 Å². The summed E-state index contributed by atoms with van der Waals surface area (Å²) >= 11 is 2.27. The van der Waals surface area contributed by atoms with Crippen molar-refractivity contribution in [1.29, 1.82) is 0 Å². The first-order valence-corrected chi connectivity index (χ1v) is 15.1. The molecule has 1 aromatic heterocycles. The number of aromatic nitrogens is 1. The monoisotopic (exact) mass is 583 g/mol. The van der Waals surface area contributed by atoms with Crippen LogP contribution in [0, 0.1) is 5.92 Å². The van der Waals surface area contributed by atoms with Crippen LogP contribution in [0.1, 0.15) is 42.7 Å². The summed E-state index contributed by atoms with van der Waals surface area (Å²) in [5.41, 5.74) is 3.12. The van der Waals surface area contributed by atoms with Crippen molar-refractivity contribution in [3.8, 4) is 0 Å². The molecule has 3 heterocycles. The average Bonchev–Trinajstić information content (AvgIpc) is 3.39. The number of thiazole rings is 1. The van der Waals surface area contributed by atoms with Crippen molar-refractivity contribution in [3.05, 3.63) is 111 Å². The molecule has 0 aliphatic carbocycles. The Hall–Kier alpha value is -3.95. The highest BCUT2D eigenvalue weighted by molar-refractivity contribution is 8.00. The number of imide groups is 1. The lowest BCUT2D eigenvalue weighted by molar-refractivity contribution is -0.122. The van der Waals surface area contributed by atoms with Crippen LogP contribution >= 0.6 is 23.1 Å². The Kier molecular flexibility index (Phi) is 6.95. The standard InChI is InChI=1S/C32H29N3O4S2/c1-32(2,3)20-16-14-19(15-17-20)24-25-26(29(38)35(28(25)37)22-12-8-5-9-13-22)40-30-27(24)41-31(39)34(30)18-23(36)33-21-10-6-4-7-11-21/h4-17,24-26H,18H2,1-3H3,(H,33,36)/t24-,25-,26+/m0/s1. The van der Waals surface area contributed by atoms with E-state index >= 15 is 0 Å². The molecule has 41 heavy (non-hydrogen) atoms. The first-order valence-electron chi connectivity index (χ1n) is 13.4. The fraction of sp³-hybridized carbons (Fsp3) is 0.250. The molecule has 0 saturated carbocycles. The molecule has 1 N–H and O–H groups in total. The number of carbonyl (C=O) groups is 3. The van der Waals surface area contributed by atoms with E-state index in [0.29, 0.717) is 21.3 Å². The van der Waals surface area contributed by atoms with E-state index in [1.165, 1.54) is 21.2 Å². The van der Waals surface area contributed by atoms with Gasteiger partial charge < -0.3 is 5.32 Å². The number of amides is 3. The molecule has 7 nitrogen and oxygen atoms in total. The second-order valence-corrected chi connectivity index (χ2v) is 13.4. The van der Waals surface area contributed by atoms with E-state index in [9.17, 15) is 19.2 Å². The number of carbonyl (C=O) groups excluding carboxylic acids is 3. The smallest absolute Gasteiger partial charge is 0.308 e. The Labute approximate surface area is 246 Å². The van der Waals surface area contributed by atoms with Crippen LogP contribution in [0.4, 0.5) is 11.4 Å². The molecule has 0 spiro atoms. The van der Waals surface area contributed by atoms with Crippen molar-refractivity contribution >= 4 is 52.2 Å². The number of para-hydroxylation sites is 2. The van der Waals surface area contributed by atoms with Crippen LogP contribution in [0.5, 0.6) is 0 Å². The van der Waals surface area contributed by atoms with Gasteiger partial charge in [0.1, 0.15) is 11.8 Å². The first kappa shape index (κ1) is 27.2. The summed E-state index contributed by atoms with van der Waals surface area (Å²) in [6.45, 7) is 6.22. The van der Waals surface area contributed by atoms with Crippen LogP contribution in [0.3, 0.4) is 0 Å². The minimum Gasteiger partial charge on any atom is -0.325 e. The molecule has 2 aliphatic rings. The van der Waals surface area contributed by atoms with Crippen LogP contribution in [-0.4, -0.2) is 27.5 Å². The minimum atomic E-state index is -0.722. The molecule has 3 atom stereocenters. The zero-order valence-electron chi connectivity index (χ0n) is 22.9. The van der Waals surface area contributed by atoms with E-state index in [2.05, 4.69) is 38.2 Å². The summed E-state index contributed by atoms with van der Waals surface area (Å²) in [6, 6.07) is 26.1. The SMILES string of the molecule is CC(C)(C)c1ccc([C@@H]2c3sc(=O)n(CC(=O)Nc4ccccc4)c3S[C@H]3C(=O)N(c4ccccc4)C(=O)[C@@H]23)cc1. The second kappa shape index (κ2) is 10.5. The molecule has 3 amide bonds. The summed E-state index contributed by atoms with van der Waals surface area (Å²) < 4.78 is 1.44. The topological polar surface area (TPSA) is 88.5 Å². The van der Waals surface area contributed by atoms with Gasteiger partial charge >= 0.3 is 4.87 Å². The van der Waals surface area contributed by atoms with E-state index < -0.39 is 17.1 Å². The van der Waals surface area contributed by atoms with Crippen molar-refractivity contribution in [3.63, 3.8) is 0 Å². The molecule has 208 valence electrons. The predicted octanol–water partition coefficient (Wildman–Crippen LogP) is 5.64. The third kappa shape index (κ3) is 4.93. The Morgan fingerprint density at radius 2 is 1.49 bits per heavy atom. The first-order chi connectivity index (χ1) is 19.6. The van der Waals surface area contributed by atoms with Gasteiger partial charge in [-0.1, -0.05) is 105 Å². The number of thioether (sulfide) groups is 1. The second-order valence-electron chi connectivity index (χ2n) is 11.3. The van der Waals surface area contributed by atoms with Crippen LogP contribution in [0.15, 0.2) is 94.7 Å². The van der Waals surface area contributed by atoms with Gasteiger partial charge in [0, 0.05) is 16.5 Å². The zero-order chi connectivity index (χ0) is 28.9. The number of nitrogens with zero attached hydrogens (tertiary/aromatic N) is 2. The van der Waals surface area contributed by atoms with Gasteiger partial charge in [0.2, 0.25) is 17.7 Å². The molecule has 6 rings (SSSR count). The Bertz CT molecular complexity index is 1690. The number of rotatable bonds is 5. The molecule has 9 heteroatoms. The van der Waals surface area contributed by atoms with Gasteiger partial charge in [-0.3, -0.25) is 23.7 Å². The normalized spacial score (nSPS) is 20.1. The van der Waals surface area contributed by atoms with Gasteiger partial charge in [-0.15, -0.1) is 0 Å². The van der Waals surface area contributed by atoms with Gasteiger partial charge in [0.05, 0.1) is 16.6 Å². The number of anilines is 2. The summed E-state index contributed by atoms with van der Waals surface area (Å²) in [5.74, 6) is -2.09. The summed E-state index contributed by atoms with van der Waals surface area (Å²) in [4.78, 5) is 55.8. The maximum Gasteiger partial charge on any atom is 0.308 e. The van der Waals surface area contributed by atoms with E-state index in [4.69, 9.17) is 0 Å². The fourth-order valence-corrected chi connectivity index (χ4v) is 8.28.